The van der Waals surface area contributed by atoms with Crippen LogP contribution in [0, 0.1) is 0 Å². The van der Waals surface area contributed by atoms with Crippen molar-refractivity contribution < 1.29 is 14.9 Å². The number of hydrogen-bond acceptors (Lipinski definition) is 7. The number of nitrogens with zero attached hydrogens (tertiary/aromatic N) is 5. The second-order valence-electron chi connectivity index (χ2n) is 11.4. The van der Waals surface area contributed by atoms with Crippen LogP contribution in [-0.4, -0.2) is 72.7 Å². The number of hydrogen-bond donors (Lipinski definition) is 2. The Kier molecular flexibility index (Phi) is 7.67. The molecule has 0 amide bonds. The van der Waals surface area contributed by atoms with Crippen LogP contribution in [0.1, 0.15) is 61.8 Å². The Morgan fingerprint density at radius 3 is 2.38 bits per heavy atom. The molecule has 208 valence electrons. The van der Waals surface area contributed by atoms with Crippen molar-refractivity contribution in [1.82, 2.24) is 24.3 Å². The summed E-state index contributed by atoms with van der Waals surface area (Å²) in [5.41, 5.74) is 3.00. The normalized spacial score (nSPS) is 20.9. The van der Waals surface area contributed by atoms with Gasteiger partial charge in [-0.3, -0.25) is 14.8 Å². The van der Waals surface area contributed by atoms with E-state index in [0.29, 0.717) is 47.5 Å². The number of fused-ring (bicyclic) bond motifs is 2. The number of aliphatic hydroxyl groups excluding tert-OH is 1. The van der Waals surface area contributed by atoms with Crippen LogP contribution in [0.4, 0.5) is 0 Å². The fourth-order valence-corrected chi connectivity index (χ4v) is 5.87. The lowest BCUT2D eigenvalue weighted by molar-refractivity contribution is -0.244. The third-order valence-corrected chi connectivity index (χ3v) is 7.84. The first-order chi connectivity index (χ1) is 18.3. The molecular weight excluding hydrogens is 537 g/mol. The summed E-state index contributed by atoms with van der Waals surface area (Å²) in [6, 6.07) is 7.47. The van der Waals surface area contributed by atoms with E-state index >= 15 is 0 Å². The summed E-state index contributed by atoms with van der Waals surface area (Å²) >= 11 is 13.0. The molecule has 0 saturated carbocycles. The van der Waals surface area contributed by atoms with Crippen LogP contribution in [0.5, 0.6) is 0 Å². The van der Waals surface area contributed by atoms with Gasteiger partial charge in [0.15, 0.2) is 0 Å². The Morgan fingerprint density at radius 2 is 1.74 bits per heavy atom. The van der Waals surface area contributed by atoms with Crippen molar-refractivity contribution in [2.24, 2.45) is 7.05 Å². The van der Waals surface area contributed by atoms with E-state index in [4.69, 9.17) is 32.9 Å². The van der Waals surface area contributed by atoms with Gasteiger partial charge < -0.3 is 19.5 Å². The molecule has 39 heavy (non-hydrogen) atoms. The fourth-order valence-electron chi connectivity index (χ4n) is 5.53. The number of imidazole rings is 1. The zero-order chi connectivity index (χ0) is 28.1. The van der Waals surface area contributed by atoms with E-state index in [9.17, 15) is 10.2 Å². The minimum Gasteiger partial charge on any atom is -0.379 e. The predicted molar refractivity (Wildman–Crippen MR) is 153 cm³/mol. The minimum absolute atomic E-state index is 0.219. The van der Waals surface area contributed by atoms with Crippen LogP contribution >= 0.6 is 23.2 Å². The van der Waals surface area contributed by atoms with Crippen molar-refractivity contribution >= 4 is 34.9 Å². The highest BCUT2D eigenvalue weighted by Crippen LogP contribution is 2.46. The SMILES string of the molecule is Cn1cncc1C(C)(O)C1=Cc2cc(Cl)cnc2[C@H](N2CCN(C(O)OC(C)(C)C)CC2)c2ccc(Cl)cc21. The number of pyridine rings is 1. The molecule has 1 aliphatic heterocycles. The van der Waals surface area contributed by atoms with Gasteiger partial charge in [0.1, 0.15) is 5.60 Å². The smallest absolute Gasteiger partial charge is 0.216 e. The lowest BCUT2D eigenvalue weighted by atomic mass is 9.84. The number of rotatable bonds is 5. The maximum atomic E-state index is 12.0. The number of aromatic nitrogens is 3. The van der Waals surface area contributed by atoms with Gasteiger partial charge >= 0.3 is 0 Å². The van der Waals surface area contributed by atoms with E-state index in [1.807, 2.05) is 67.6 Å². The molecular formula is C29H35Cl2N5O3. The van der Waals surface area contributed by atoms with Crippen LogP contribution in [0.25, 0.3) is 11.6 Å². The molecule has 0 radical (unpaired) electrons. The van der Waals surface area contributed by atoms with Crippen molar-refractivity contribution in [3.63, 3.8) is 0 Å². The van der Waals surface area contributed by atoms with E-state index in [1.54, 1.807) is 25.6 Å². The Balaban J connectivity index is 1.59. The Labute approximate surface area is 239 Å². The molecule has 2 unspecified atom stereocenters. The van der Waals surface area contributed by atoms with Gasteiger partial charge in [0.05, 0.1) is 40.6 Å². The fraction of sp³-hybridized carbons (Fsp3) is 0.448. The standard InChI is InChI=1S/C29H35Cl2N5O3/c1-28(2,3)39-27(37)36-10-8-35(9-11-36)26-21-7-6-19(30)14-22(21)23(13-18-12-20(31)15-33-25(18)26)29(4,38)24-16-32-17-34(24)5/h6-7,12-17,26-27,37-38H,8-11H2,1-5H3/t26-,27?,29?/m1/s1. The van der Waals surface area contributed by atoms with Gasteiger partial charge in [-0.25, -0.2) is 4.98 Å². The highest BCUT2D eigenvalue weighted by atomic mass is 35.5. The summed E-state index contributed by atoms with van der Waals surface area (Å²) in [4.78, 5) is 13.3. The van der Waals surface area contributed by atoms with Gasteiger partial charge in [-0.2, -0.15) is 0 Å². The topological polar surface area (TPSA) is 86.9 Å². The van der Waals surface area contributed by atoms with Gasteiger partial charge in [-0.1, -0.05) is 29.3 Å². The monoisotopic (exact) mass is 571 g/mol. The molecule has 3 aromatic rings. The van der Waals surface area contributed by atoms with Crippen LogP contribution in [0.15, 0.2) is 43.0 Å². The maximum Gasteiger partial charge on any atom is 0.216 e. The molecule has 10 heteroatoms. The van der Waals surface area contributed by atoms with Crippen LogP contribution in [0.2, 0.25) is 10.0 Å². The summed E-state index contributed by atoms with van der Waals surface area (Å²) in [6.07, 6.45) is 6.01. The van der Waals surface area contributed by atoms with Gasteiger partial charge in [0.25, 0.3) is 0 Å². The molecule has 2 aliphatic rings. The third-order valence-electron chi connectivity index (χ3n) is 7.40. The first-order valence-electron chi connectivity index (χ1n) is 13.1. The molecule has 5 rings (SSSR count). The van der Waals surface area contributed by atoms with Gasteiger partial charge in [-0.05, 0) is 74.2 Å². The molecule has 1 fully saturated rings. The van der Waals surface area contributed by atoms with E-state index in [1.165, 1.54) is 0 Å². The molecule has 3 heterocycles. The van der Waals surface area contributed by atoms with Crippen molar-refractivity contribution in [2.75, 3.05) is 26.2 Å². The third kappa shape index (κ3) is 5.65. The van der Waals surface area contributed by atoms with Crippen molar-refractivity contribution in [1.29, 1.82) is 0 Å². The first kappa shape index (κ1) is 28.2. The number of aliphatic hydroxyl groups is 2. The van der Waals surface area contributed by atoms with Gasteiger partial charge in [0.2, 0.25) is 6.41 Å². The lowest BCUT2D eigenvalue weighted by Gasteiger charge is -2.42. The Hall–Kier alpha value is -2.30. The van der Waals surface area contributed by atoms with Crippen LogP contribution in [-0.2, 0) is 17.4 Å². The number of piperazine rings is 1. The molecule has 1 aromatic carbocycles. The van der Waals surface area contributed by atoms with E-state index in [-0.39, 0.29) is 6.04 Å². The number of ether oxygens (including phenoxy) is 1. The largest absolute Gasteiger partial charge is 0.379 e. The maximum absolute atomic E-state index is 12.0. The summed E-state index contributed by atoms with van der Waals surface area (Å²) in [5, 5.41) is 23.8. The Morgan fingerprint density at radius 1 is 1.03 bits per heavy atom. The van der Waals surface area contributed by atoms with Gasteiger partial charge in [-0.15, -0.1) is 0 Å². The highest BCUT2D eigenvalue weighted by molar-refractivity contribution is 6.31. The number of halogens is 2. The van der Waals surface area contributed by atoms with Crippen LogP contribution < -0.4 is 0 Å². The number of aryl methyl sites for hydroxylation is 1. The molecule has 2 aromatic heterocycles. The van der Waals surface area contributed by atoms with E-state index < -0.39 is 17.6 Å². The highest BCUT2D eigenvalue weighted by Gasteiger charge is 2.39. The quantitative estimate of drug-likeness (QED) is 0.430. The molecule has 0 spiro atoms. The zero-order valence-electron chi connectivity index (χ0n) is 22.9. The van der Waals surface area contributed by atoms with Crippen molar-refractivity contribution in [2.45, 2.75) is 51.4 Å². The van der Waals surface area contributed by atoms with E-state index in [0.717, 1.165) is 22.4 Å². The Bertz CT molecular complexity index is 1390. The molecule has 1 saturated heterocycles. The molecule has 3 atom stereocenters. The molecule has 0 bridgehead atoms. The predicted octanol–water partition coefficient (Wildman–Crippen LogP) is 4.68. The molecule has 1 aliphatic carbocycles. The van der Waals surface area contributed by atoms with E-state index in [2.05, 4.69) is 9.88 Å². The van der Waals surface area contributed by atoms with Crippen molar-refractivity contribution in [3.8, 4) is 0 Å². The average molecular weight is 573 g/mol. The minimum atomic E-state index is -1.38. The number of benzene rings is 1. The summed E-state index contributed by atoms with van der Waals surface area (Å²) in [7, 11) is 1.86. The summed E-state index contributed by atoms with van der Waals surface area (Å²) in [5.74, 6) is 0. The second kappa shape index (κ2) is 10.6. The first-order valence-corrected chi connectivity index (χ1v) is 13.8. The lowest BCUT2D eigenvalue weighted by Crippen LogP contribution is -2.53. The summed E-state index contributed by atoms with van der Waals surface area (Å²) in [6.45, 7) is 10.1. The van der Waals surface area contributed by atoms with Gasteiger partial charge in [0, 0.05) is 44.4 Å². The second-order valence-corrected chi connectivity index (χ2v) is 12.3. The summed E-state index contributed by atoms with van der Waals surface area (Å²) < 4.78 is 7.61. The zero-order valence-corrected chi connectivity index (χ0v) is 24.4. The van der Waals surface area contributed by atoms with Crippen molar-refractivity contribution in [3.05, 3.63) is 81.1 Å². The average Bonchev–Trinajstić information content (AvgIpc) is 3.24. The molecule has 8 nitrogen and oxygen atoms in total. The van der Waals surface area contributed by atoms with Crippen LogP contribution in [0.3, 0.4) is 0 Å². The molecule has 2 N–H and O–H groups in total.